The van der Waals surface area contributed by atoms with Gasteiger partial charge in [-0.15, -0.1) is 0 Å². The molecule has 0 heterocycles. The van der Waals surface area contributed by atoms with Gasteiger partial charge in [0, 0.05) is 5.56 Å². The summed E-state index contributed by atoms with van der Waals surface area (Å²) in [6.45, 7) is 2.42. The third kappa shape index (κ3) is 4.97. The molecular formula is C13H18N2O4. The molecule has 1 atom stereocenters. The minimum atomic E-state index is -1.38. The summed E-state index contributed by atoms with van der Waals surface area (Å²) in [5, 5.41) is 11.6. The number of amides is 2. The molecule has 1 aromatic carbocycles. The molecule has 0 aromatic heterocycles. The van der Waals surface area contributed by atoms with Gasteiger partial charge in [0.05, 0.1) is 13.2 Å². The van der Waals surface area contributed by atoms with Crippen molar-refractivity contribution >= 4 is 11.8 Å². The maximum absolute atomic E-state index is 11.7. The first-order chi connectivity index (χ1) is 9.04. The predicted octanol–water partition coefficient (Wildman–Crippen LogP) is 0.0514. The van der Waals surface area contributed by atoms with Crippen LogP contribution in [0.5, 0.6) is 5.75 Å². The van der Waals surface area contributed by atoms with Crippen LogP contribution in [0.2, 0.25) is 0 Å². The number of aliphatic hydroxyl groups is 1. The SMILES string of the molecule is CCCOc1ccc(C(=O)NCC(O)C(N)=O)cc1. The van der Waals surface area contributed by atoms with Gasteiger partial charge >= 0.3 is 0 Å². The van der Waals surface area contributed by atoms with Crippen LogP contribution in [0, 0.1) is 0 Å². The minimum absolute atomic E-state index is 0.206. The number of nitrogens with two attached hydrogens (primary N) is 1. The lowest BCUT2D eigenvalue weighted by Gasteiger charge is -2.09. The third-order valence-corrected chi connectivity index (χ3v) is 2.37. The van der Waals surface area contributed by atoms with Crippen molar-refractivity contribution in [1.82, 2.24) is 5.32 Å². The van der Waals surface area contributed by atoms with Gasteiger partial charge in [-0.1, -0.05) is 6.92 Å². The van der Waals surface area contributed by atoms with Crippen LogP contribution in [-0.4, -0.2) is 36.2 Å². The molecule has 0 aliphatic rings. The first-order valence-electron chi connectivity index (χ1n) is 6.03. The second kappa shape index (κ2) is 7.38. The molecule has 6 nitrogen and oxygen atoms in total. The Morgan fingerprint density at radius 2 is 2.00 bits per heavy atom. The molecule has 0 fully saturated rings. The van der Waals surface area contributed by atoms with Gasteiger partial charge in [-0.25, -0.2) is 0 Å². The van der Waals surface area contributed by atoms with E-state index in [1.54, 1.807) is 24.3 Å². The maximum Gasteiger partial charge on any atom is 0.251 e. The van der Waals surface area contributed by atoms with Crippen molar-refractivity contribution in [1.29, 1.82) is 0 Å². The lowest BCUT2D eigenvalue weighted by molar-refractivity contribution is -0.125. The molecule has 0 radical (unpaired) electrons. The van der Waals surface area contributed by atoms with E-state index in [2.05, 4.69) is 5.32 Å². The fraction of sp³-hybridized carbons (Fsp3) is 0.385. The third-order valence-electron chi connectivity index (χ3n) is 2.37. The standard InChI is InChI=1S/C13H18N2O4/c1-2-7-19-10-5-3-9(4-6-10)13(18)15-8-11(16)12(14)17/h3-6,11,16H,2,7-8H2,1H3,(H2,14,17)(H,15,18). The summed E-state index contributed by atoms with van der Waals surface area (Å²) in [5.41, 5.74) is 5.29. The van der Waals surface area contributed by atoms with Crippen LogP contribution >= 0.6 is 0 Å². The second-order valence-electron chi connectivity index (χ2n) is 4.00. The van der Waals surface area contributed by atoms with E-state index in [1.165, 1.54) is 0 Å². The van der Waals surface area contributed by atoms with E-state index >= 15 is 0 Å². The highest BCUT2D eigenvalue weighted by molar-refractivity contribution is 5.94. The summed E-state index contributed by atoms with van der Waals surface area (Å²) in [6.07, 6.45) is -0.469. The molecule has 0 saturated carbocycles. The van der Waals surface area contributed by atoms with E-state index in [1.807, 2.05) is 6.92 Å². The zero-order valence-electron chi connectivity index (χ0n) is 10.8. The van der Waals surface area contributed by atoms with Gasteiger partial charge in [0.15, 0.2) is 0 Å². The van der Waals surface area contributed by atoms with Crippen molar-refractivity contribution in [2.24, 2.45) is 5.73 Å². The number of primary amides is 1. The molecule has 1 rings (SSSR count). The number of aliphatic hydroxyl groups excluding tert-OH is 1. The highest BCUT2D eigenvalue weighted by Gasteiger charge is 2.13. The summed E-state index contributed by atoms with van der Waals surface area (Å²) in [7, 11) is 0. The van der Waals surface area contributed by atoms with Gasteiger partial charge in [0.2, 0.25) is 5.91 Å². The number of carbonyl (C=O) groups excluding carboxylic acids is 2. The highest BCUT2D eigenvalue weighted by Crippen LogP contribution is 2.12. The minimum Gasteiger partial charge on any atom is -0.494 e. The zero-order chi connectivity index (χ0) is 14.3. The van der Waals surface area contributed by atoms with Crippen LogP contribution in [0.1, 0.15) is 23.7 Å². The van der Waals surface area contributed by atoms with E-state index < -0.39 is 12.0 Å². The van der Waals surface area contributed by atoms with Crippen LogP contribution < -0.4 is 15.8 Å². The predicted molar refractivity (Wildman–Crippen MR) is 69.8 cm³/mol. The lowest BCUT2D eigenvalue weighted by Crippen LogP contribution is -2.39. The normalized spacial score (nSPS) is 11.7. The number of hydrogen-bond donors (Lipinski definition) is 3. The first kappa shape index (κ1) is 15.0. The van der Waals surface area contributed by atoms with E-state index in [9.17, 15) is 9.59 Å². The quantitative estimate of drug-likeness (QED) is 0.649. The fourth-order valence-corrected chi connectivity index (χ4v) is 1.31. The molecule has 0 aliphatic carbocycles. The van der Waals surface area contributed by atoms with Crippen molar-refractivity contribution in [3.8, 4) is 5.75 Å². The number of rotatable bonds is 7. The van der Waals surface area contributed by atoms with Crippen molar-refractivity contribution in [2.45, 2.75) is 19.4 Å². The Morgan fingerprint density at radius 1 is 1.37 bits per heavy atom. The van der Waals surface area contributed by atoms with Gasteiger partial charge in [-0.3, -0.25) is 9.59 Å². The van der Waals surface area contributed by atoms with Gasteiger partial charge in [-0.2, -0.15) is 0 Å². The monoisotopic (exact) mass is 266 g/mol. The lowest BCUT2D eigenvalue weighted by atomic mass is 10.2. The number of nitrogens with one attached hydrogen (secondary N) is 1. The second-order valence-corrected chi connectivity index (χ2v) is 4.00. The number of benzene rings is 1. The molecule has 1 aromatic rings. The molecule has 0 bridgehead atoms. The molecule has 19 heavy (non-hydrogen) atoms. The summed E-state index contributed by atoms with van der Waals surface area (Å²) in [4.78, 5) is 22.3. The Bertz CT molecular complexity index is 431. The fourth-order valence-electron chi connectivity index (χ4n) is 1.31. The van der Waals surface area contributed by atoms with Crippen LogP contribution in [-0.2, 0) is 4.79 Å². The van der Waals surface area contributed by atoms with Crippen LogP contribution in [0.15, 0.2) is 24.3 Å². The Labute approximate surface area is 111 Å². The summed E-state index contributed by atoms with van der Waals surface area (Å²) < 4.78 is 5.39. The zero-order valence-corrected chi connectivity index (χ0v) is 10.8. The topological polar surface area (TPSA) is 102 Å². The van der Waals surface area contributed by atoms with Crippen molar-refractivity contribution < 1.29 is 19.4 Å². The summed E-state index contributed by atoms with van der Waals surface area (Å²) >= 11 is 0. The Balaban J connectivity index is 2.51. The van der Waals surface area contributed by atoms with E-state index in [0.717, 1.165) is 6.42 Å². The van der Waals surface area contributed by atoms with Gasteiger partial charge < -0.3 is 20.9 Å². The average molecular weight is 266 g/mol. The molecule has 0 aliphatic heterocycles. The summed E-state index contributed by atoms with van der Waals surface area (Å²) in [6, 6.07) is 6.60. The van der Waals surface area contributed by atoms with E-state index in [4.69, 9.17) is 15.6 Å². The van der Waals surface area contributed by atoms with Gasteiger partial charge in [0.1, 0.15) is 11.9 Å². The van der Waals surface area contributed by atoms with Crippen molar-refractivity contribution in [2.75, 3.05) is 13.2 Å². The smallest absolute Gasteiger partial charge is 0.251 e. The first-order valence-corrected chi connectivity index (χ1v) is 6.03. The average Bonchev–Trinajstić information content (AvgIpc) is 2.42. The molecular weight excluding hydrogens is 248 g/mol. The van der Waals surface area contributed by atoms with Crippen molar-refractivity contribution in [3.05, 3.63) is 29.8 Å². The maximum atomic E-state index is 11.7. The Morgan fingerprint density at radius 3 is 2.53 bits per heavy atom. The largest absolute Gasteiger partial charge is 0.494 e. The molecule has 1 unspecified atom stereocenters. The van der Waals surface area contributed by atoms with E-state index in [0.29, 0.717) is 17.9 Å². The molecule has 2 amide bonds. The summed E-state index contributed by atoms with van der Waals surface area (Å²) in [5.74, 6) is -0.568. The van der Waals surface area contributed by atoms with Gasteiger partial charge in [-0.05, 0) is 30.7 Å². The molecule has 104 valence electrons. The van der Waals surface area contributed by atoms with Crippen LogP contribution in [0.25, 0.3) is 0 Å². The number of hydrogen-bond acceptors (Lipinski definition) is 4. The molecule has 0 saturated heterocycles. The molecule has 6 heteroatoms. The Hall–Kier alpha value is -2.08. The van der Waals surface area contributed by atoms with Gasteiger partial charge in [0.25, 0.3) is 5.91 Å². The van der Waals surface area contributed by atoms with E-state index in [-0.39, 0.29) is 12.5 Å². The molecule has 0 spiro atoms. The Kier molecular flexibility index (Phi) is 5.81. The number of carbonyl (C=O) groups is 2. The highest BCUT2D eigenvalue weighted by atomic mass is 16.5. The van der Waals surface area contributed by atoms with Crippen LogP contribution in [0.3, 0.4) is 0 Å². The number of ether oxygens (including phenoxy) is 1. The molecule has 4 N–H and O–H groups in total. The van der Waals surface area contributed by atoms with Crippen LogP contribution in [0.4, 0.5) is 0 Å². The van der Waals surface area contributed by atoms with Crippen molar-refractivity contribution in [3.63, 3.8) is 0 Å².